The van der Waals surface area contributed by atoms with Crippen LogP contribution in [-0.2, 0) is 14.8 Å². The molecule has 0 fully saturated rings. The molecule has 0 aliphatic rings. The fraction of sp³-hybridized carbons (Fsp3) is 0.500. The van der Waals surface area contributed by atoms with E-state index in [9.17, 15) is 13.2 Å². The summed E-state index contributed by atoms with van der Waals surface area (Å²) in [4.78, 5) is 13.6. The molecular formula is C14H22N2O3S. The van der Waals surface area contributed by atoms with Crippen LogP contribution in [0.25, 0.3) is 0 Å². The van der Waals surface area contributed by atoms with Gasteiger partial charge in [0.05, 0.1) is 4.90 Å². The van der Waals surface area contributed by atoms with Gasteiger partial charge in [0, 0.05) is 14.1 Å². The maximum absolute atomic E-state index is 12.4. The molecule has 0 radical (unpaired) electrons. The molecule has 1 amide bonds. The number of nitrogens with one attached hydrogen (secondary N) is 1. The highest BCUT2D eigenvalue weighted by atomic mass is 32.2. The second-order valence-corrected chi connectivity index (χ2v) is 7.35. The van der Waals surface area contributed by atoms with Crippen molar-refractivity contribution in [3.8, 4) is 0 Å². The van der Waals surface area contributed by atoms with Gasteiger partial charge >= 0.3 is 0 Å². The van der Waals surface area contributed by atoms with E-state index in [2.05, 4.69) is 4.72 Å². The number of carbonyl (C=O) groups is 1. The average Bonchev–Trinajstić information content (AvgIpc) is 2.25. The van der Waals surface area contributed by atoms with Crippen molar-refractivity contribution >= 4 is 15.9 Å². The second-order valence-electron chi connectivity index (χ2n) is 5.70. The number of hydrogen-bond acceptors (Lipinski definition) is 3. The highest BCUT2D eigenvalue weighted by Crippen LogP contribution is 2.19. The highest BCUT2D eigenvalue weighted by Gasteiger charge is 2.34. The minimum atomic E-state index is -3.74. The number of likely N-dealkylation sites (N-methyl/N-ethyl adjacent to an activating group) is 1. The van der Waals surface area contributed by atoms with E-state index in [1.54, 1.807) is 53.1 Å². The molecule has 1 aromatic rings. The third kappa shape index (κ3) is 3.58. The van der Waals surface area contributed by atoms with Gasteiger partial charge in [-0.1, -0.05) is 17.7 Å². The molecule has 6 heteroatoms. The topological polar surface area (TPSA) is 66.5 Å². The Labute approximate surface area is 121 Å². The Morgan fingerprint density at radius 1 is 1.20 bits per heavy atom. The van der Waals surface area contributed by atoms with Gasteiger partial charge in [-0.15, -0.1) is 0 Å². The number of sulfonamides is 1. The standard InChI is InChI=1S/C14H22N2O3S/c1-10-7-8-12(11(2)9-10)20(18,19)15-14(3,4)13(17)16(5)6/h7-9,15H,1-6H3. The number of hydrogen-bond donors (Lipinski definition) is 1. The van der Waals surface area contributed by atoms with Crippen molar-refractivity contribution in [2.75, 3.05) is 14.1 Å². The zero-order valence-electron chi connectivity index (χ0n) is 12.8. The number of nitrogens with zero attached hydrogens (tertiary/aromatic N) is 1. The van der Waals surface area contributed by atoms with E-state index in [-0.39, 0.29) is 10.8 Å². The fourth-order valence-corrected chi connectivity index (χ4v) is 3.69. The van der Waals surface area contributed by atoms with Crippen LogP contribution in [0.4, 0.5) is 0 Å². The quantitative estimate of drug-likeness (QED) is 0.915. The Kier molecular flexibility index (Phi) is 4.61. The number of amides is 1. The first-order valence-corrected chi connectivity index (χ1v) is 7.78. The summed E-state index contributed by atoms with van der Waals surface area (Å²) in [6, 6.07) is 5.10. The summed E-state index contributed by atoms with van der Waals surface area (Å²) >= 11 is 0. The van der Waals surface area contributed by atoms with Gasteiger partial charge in [0.1, 0.15) is 5.54 Å². The predicted octanol–water partition coefficient (Wildman–Crippen LogP) is 1.45. The Morgan fingerprint density at radius 2 is 1.75 bits per heavy atom. The van der Waals surface area contributed by atoms with E-state index in [1.807, 2.05) is 6.92 Å². The average molecular weight is 298 g/mol. The van der Waals surface area contributed by atoms with Gasteiger partial charge in [0.15, 0.2) is 0 Å². The molecule has 0 bridgehead atoms. The minimum absolute atomic E-state index is 0.197. The van der Waals surface area contributed by atoms with Crippen LogP contribution in [0, 0.1) is 13.8 Å². The van der Waals surface area contributed by atoms with E-state index in [0.29, 0.717) is 5.56 Å². The van der Waals surface area contributed by atoms with Crippen molar-refractivity contribution < 1.29 is 13.2 Å². The molecule has 1 N–H and O–H groups in total. The summed E-state index contributed by atoms with van der Waals surface area (Å²) in [5.74, 6) is -0.300. The monoisotopic (exact) mass is 298 g/mol. The zero-order chi connectivity index (χ0) is 15.7. The van der Waals surface area contributed by atoms with E-state index in [0.717, 1.165) is 5.56 Å². The molecule has 0 spiro atoms. The number of rotatable bonds is 4. The van der Waals surface area contributed by atoms with Gasteiger partial charge in [0.25, 0.3) is 0 Å². The predicted molar refractivity (Wildman–Crippen MR) is 79.0 cm³/mol. The molecule has 5 nitrogen and oxygen atoms in total. The van der Waals surface area contributed by atoms with Crippen molar-refractivity contribution in [2.45, 2.75) is 38.1 Å². The highest BCUT2D eigenvalue weighted by molar-refractivity contribution is 7.89. The van der Waals surface area contributed by atoms with Crippen molar-refractivity contribution in [1.82, 2.24) is 9.62 Å². The Hall–Kier alpha value is -1.40. The van der Waals surface area contributed by atoms with E-state index in [4.69, 9.17) is 0 Å². The largest absolute Gasteiger partial charge is 0.347 e. The van der Waals surface area contributed by atoms with Gasteiger partial charge in [-0.25, -0.2) is 8.42 Å². The molecular weight excluding hydrogens is 276 g/mol. The summed E-state index contributed by atoms with van der Waals surface area (Å²) in [7, 11) is -0.556. The molecule has 0 saturated carbocycles. The van der Waals surface area contributed by atoms with Crippen molar-refractivity contribution in [3.63, 3.8) is 0 Å². The summed E-state index contributed by atoms with van der Waals surface area (Å²) in [6.45, 7) is 6.74. The molecule has 0 aromatic heterocycles. The number of aryl methyl sites for hydroxylation is 2. The summed E-state index contributed by atoms with van der Waals surface area (Å²) in [5.41, 5.74) is 0.454. The Morgan fingerprint density at radius 3 is 2.20 bits per heavy atom. The molecule has 0 saturated heterocycles. The second kappa shape index (κ2) is 5.54. The maximum atomic E-state index is 12.4. The molecule has 0 aliphatic carbocycles. The SMILES string of the molecule is Cc1ccc(S(=O)(=O)NC(C)(C)C(=O)N(C)C)c(C)c1. The smallest absolute Gasteiger partial charge is 0.242 e. The van der Waals surface area contributed by atoms with Crippen molar-refractivity contribution in [3.05, 3.63) is 29.3 Å². The first-order chi connectivity index (χ1) is 8.97. The molecule has 0 unspecified atom stereocenters. The molecule has 1 aromatic carbocycles. The zero-order valence-corrected chi connectivity index (χ0v) is 13.6. The normalized spacial score (nSPS) is 12.3. The molecule has 0 atom stereocenters. The molecule has 112 valence electrons. The van der Waals surface area contributed by atoms with Crippen LogP contribution in [-0.4, -0.2) is 38.9 Å². The lowest BCUT2D eigenvalue weighted by molar-refractivity contribution is -0.133. The van der Waals surface area contributed by atoms with Crippen LogP contribution in [0.1, 0.15) is 25.0 Å². The Bertz CT molecular complexity index is 619. The Balaban J connectivity index is 3.16. The third-order valence-electron chi connectivity index (χ3n) is 2.95. The lowest BCUT2D eigenvalue weighted by atomic mass is 10.1. The third-order valence-corrected chi connectivity index (χ3v) is 4.77. The van der Waals surface area contributed by atoms with Crippen LogP contribution in [0.15, 0.2) is 23.1 Å². The molecule has 0 aliphatic heterocycles. The first kappa shape index (κ1) is 16.7. The van der Waals surface area contributed by atoms with E-state index in [1.165, 1.54) is 4.90 Å². The lowest BCUT2D eigenvalue weighted by Gasteiger charge is -2.28. The van der Waals surface area contributed by atoms with Gasteiger partial charge in [0.2, 0.25) is 15.9 Å². The minimum Gasteiger partial charge on any atom is -0.347 e. The number of carbonyl (C=O) groups excluding carboxylic acids is 1. The van der Waals surface area contributed by atoms with Crippen LogP contribution >= 0.6 is 0 Å². The van der Waals surface area contributed by atoms with Crippen molar-refractivity contribution in [1.29, 1.82) is 0 Å². The summed E-state index contributed by atoms with van der Waals surface area (Å²) in [6.07, 6.45) is 0. The van der Waals surface area contributed by atoms with E-state index >= 15 is 0 Å². The number of benzene rings is 1. The first-order valence-electron chi connectivity index (χ1n) is 6.30. The van der Waals surface area contributed by atoms with Gasteiger partial charge in [-0.3, -0.25) is 4.79 Å². The maximum Gasteiger partial charge on any atom is 0.242 e. The van der Waals surface area contributed by atoms with Gasteiger partial charge in [-0.05, 0) is 39.3 Å². The van der Waals surface area contributed by atoms with Gasteiger partial charge < -0.3 is 4.90 Å². The summed E-state index contributed by atoms with van der Waals surface area (Å²) < 4.78 is 27.3. The van der Waals surface area contributed by atoms with Crippen molar-refractivity contribution in [2.24, 2.45) is 0 Å². The van der Waals surface area contributed by atoms with Crippen LogP contribution < -0.4 is 4.72 Å². The molecule has 1 rings (SSSR count). The molecule has 20 heavy (non-hydrogen) atoms. The van der Waals surface area contributed by atoms with Crippen LogP contribution in [0.3, 0.4) is 0 Å². The van der Waals surface area contributed by atoms with Crippen LogP contribution in [0.2, 0.25) is 0 Å². The van der Waals surface area contributed by atoms with Crippen LogP contribution in [0.5, 0.6) is 0 Å². The fourth-order valence-electron chi connectivity index (χ4n) is 2.09. The van der Waals surface area contributed by atoms with Gasteiger partial charge in [-0.2, -0.15) is 4.72 Å². The molecule has 0 heterocycles. The van der Waals surface area contributed by atoms with E-state index < -0.39 is 15.6 Å². The lowest BCUT2D eigenvalue weighted by Crippen LogP contribution is -2.54. The summed E-state index contributed by atoms with van der Waals surface area (Å²) in [5, 5.41) is 0.